The van der Waals surface area contributed by atoms with E-state index in [2.05, 4.69) is 45.0 Å². The van der Waals surface area contributed by atoms with Crippen molar-refractivity contribution in [3.05, 3.63) is 0 Å². The van der Waals surface area contributed by atoms with Crippen LogP contribution in [0.15, 0.2) is 0 Å². The van der Waals surface area contributed by atoms with Crippen molar-refractivity contribution >= 4 is 0 Å². The van der Waals surface area contributed by atoms with Crippen LogP contribution in [-0.2, 0) is 0 Å². The maximum Gasteiger partial charge on any atom is 0.00760 e. The third kappa shape index (κ3) is 6.39. The highest BCUT2D eigenvalue weighted by molar-refractivity contribution is 4.66. The second kappa shape index (κ2) is 8.25. The van der Waals surface area contributed by atoms with E-state index in [0.717, 1.165) is 19.0 Å². The summed E-state index contributed by atoms with van der Waals surface area (Å²) in [7, 11) is 2.24. The van der Waals surface area contributed by atoms with Crippen LogP contribution in [0.3, 0.4) is 0 Å². The summed E-state index contributed by atoms with van der Waals surface area (Å²) in [4.78, 5) is 2.48. The topological polar surface area (TPSA) is 15.3 Å². The molecule has 2 atom stereocenters. The third-order valence-corrected chi connectivity index (χ3v) is 3.04. The van der Waals surface area contributed by atoms with E-state index in [1.165, 1.54) is 19.4 Å². The summed E-state index contributed by atoms with van der Waals surface area (Å²) in [5.41, 5.74) is 0. The first-order chi connectivity index (χ1) is 6.61. The largest absolute Gasteiger partial charge is 0.317 e. The first-order valence-electron chi connectivity index (χ1n) is 6.02. The fraction of sp³-hybridized carbons (Fsp3) is 1.00. The van der Waals surface area contributed by atoms with Crippen LogP contribution in [-0.4, -0.2) is 37.6 Å². The van der Waals surface area contributed by atoms with E-state index in [1.807, 2.05) is 0 Å². The zero-order valence-corrected chi connectivity index (χ0v) is 10.6. The molecule has 2 nitrogen and oxygen atoms in total. The van der Waals surface area contributed by atoms with Crippen LogP contribution in [0.4, 0.5) is 0 Å². The highest BCUT2D eigenvalue weighted by atomic mass is 15.1. The van der Waals surface area contributed by atoms with Crippen LogP contribution in [0, 0.1) is 5.92 Å². The van der Waals surface area contributed by atoms with Crippen LogP contribution < -0.4 is 5.32 Å². The van der Waals surface area contributed by atoms with E-state index in [0.29, 0.717) is 6.04 Å². The molecule has 0 aromatic heterocycles. The van der Waals surface area contributed by atoms with Crippen LogP contribution in [0.5, 0.6) is 0 Å². The average Bonchev–Trinajstić information content (AvgIpc) is 2.17. The lowest BCUT2D eigenvalue weighted by atomic mass is 10.1. The molecule has 14 heavy (non-hydrogen) atoms. The van der Waals surface area contributed by atoms with Crippen molar-refractivity contribution in [3.8, 4) is 0 Å². The minimum Gasteiger partial charge on any atom is -0.317 e. The van der Waals surface area contributed by atoms with Gasteiger partial charge in [-0.15, -0.1) is 0 Å². The van der Waals surface area contributed by atoms with Crippen LogP contribution >= 0.6 is 0 Å². The Kier molecular flexibility index (Phi) is 8.20. The van der Waals surface area contributed by atoms with Gasteiger partial charge in [-0.3, -0.25) is 0 Å². The maximum atomic E-state index is 3.37. The van der Waals surface area contributed by atoms with Gasteiger partial charge < -0.3 is 10.2 Å². The number of nitrogens with one attached hydrogen (secondary N) is 1. The smallest absolute Gasteiger partial charge is 0.00760 e. The SMILES string of the molecule is CCNCCC(C)N(C)CC(C)CC. The molecule has 0 saturated carbocycles. The van der Waals surface area contributed by atoms with E-state index >= 15 is 0 Å². The number of rotatable bonds is 8. The van der Waals surface area contributed by atoms with Gasteiger partial charge in [0.05, 0.1) is 0 Å². The molecule has 2 heteroatoms. The van der Waals surface area contributed by atoms with Gasteiger partial charge in [-0.05, 0) is 39.4 Å². The standard InChI is InChI=1S/C12H28N2/c1-6-11(3)10-14(5)12(4)8-9-13-7-2/h11-13H,6-10H2,1-5H3. The quantitative estimate of drug-likeness (QED) is 0.605. The van der Waals surface area contributed by atoms with Crippen LogP contribution in [0.1, 0.15) is 40.5 Å². The predicted octanol–water partition coefficient (Wildman–Crippen LogP) is 2.35. The summed E-state index contributed by atoms with van der Waals surface area (Å²) < 4.78 is 0. The van der Waals surface area contributed by atoms with Gasteiger partial charge in [0.25, 0.3) is 0 Å². The lowest BCUT2D eigenvalue weighted by Gasteiger charge is -2.27. The Balaban J connectivity index is 3.58. The molecule has 0 spiro atoms. The summed E-state index contributed by atoms with van der Waals surface area (Å²) in [5, 5.41) is 3.37. The number of nitrogens with zero attached hydrogens (tertiary/aromatic N) is 1. The minimum absolute atomic E-state index is 0.697. The van der Waals surface area contributed by atoms with Crippen molar-refractivity contribution in [2.24, 2.45) is 5.92 Å². The zero-order valence-electron chi connectivity index (χ0n) is 10.6. The van der Waals surface area contributed by atoms with Crippen molar-refractivity contribution in [3.63, 3.8) is 0 Å². The van der Waals surface area contributed by atoms with Gasteiger partial charge in [0, 0.05) is 12.6 Å². The molecule has 0 heterocycles. The van der Waals surface area contributed by atoms with E-state index in [-0.39, 0.29) is 0 Å². The molecule has 0 saturated heterocycles. The fourth-order valence-corrected chi connectivity index (χ4v) is 1.51. The molecule has 0 fully saturated rings. The normalized spacial score (nSPS) is 15.9. The lowest BCUT2D eigenvalue weighted by Crippen LogP contribution is -2.35. The highest BCUT2D eigenvalue weighted by Gasteiger charge is 2.10. The monoisotopic (exact) mass is 200 g/mol. The molecule has 0 radical (unpaired) electrons. The van der Waals surface area contributed by atoms with Gasteiger partial charge >= 0.3 is 0 Å². The number of hydrogen-bond donors (Lipinski definition) is 1. The van der Waals surface area contributed by atoms with Crippen LogP contribution in [0.2, 0.25) is 0 Å². The Morgan fingerprint density at radius 2 is 1.86 bits per heavy atom. The molecule has 0 rings (SSSR count). The summed E-state index contributed by atoms with van der Waals surface area (Å²) in [6, 6.07) is 0.697. The first-order valence-corrected chi connectivity index (χ1v) is 6.02. The number of hydrogen-bond acceptors (Lipinski definition) is 2. The van der Waals surface area contributed by atoms with Gasteiger partial charge in [-0.25, -0.2) is 0 Å². The van der Waals surface area contributed by atoms with Crippen molar-refractivity contribution in [2.45, 2.75) is 46.6 Å². The Hall–Kier alpha value is -0.0800. The van der Waals surface area contributed by atoms with Crippen molar-refractivity contribution in [1.82, 2.24) is 10.2 Å². The molecule has 86 valence electrons. The molecular weight excluding hydrogens is 172 g/mol. The van der Waals surface area contributed by atoms with Gasteiger partial charge in [0.1, 0.15) is 0 Å². The van der Waals surface area contributed by atoms with Gasteiger partial charge in [0.2, 0.25) is 0 Å². The molecule has 0 aromatic carbocycles. The molecule has 0 bridgehead atoms. The Morgan fingerprint density at radius 3 is 2.36 bits per heavy atom. The van der Waals surface area contributed by atoms with Gasteiger partial charge in [-0.1, -0.05) is 27.2 Å². The zero-order chi connectivity index (χ0) is 11.0. The Bertz CT molecular complexity index is 125. The van der Waals surface area contributed by atoms with Gasteiger partial charge in [0.15, 0.2) is 0 Å². The first kappa shape index (κ1) is 13.9. The lowest BCUT2D eigenvalue weighted by molar-refractivity contribution is 0.212. The van der Waals surface area contributed by atoms with Crippen molar-refractivity contribution in [2.75, 3.05) is 26.7 Å². The molecule has 0 aliphatic heterocycles. The Morgan fingerprint density at radius 1 is 1.21 bits per heavy atom. The van der Waals surface area contributed by atoms with Gasteiger partial charge in [-0.2, -0.15) is 0 Å². The summed E-state index contributed by atoms with van der Waals surface area (Å²) in [6.07, 6.45) is 2.53. The average molecular weight is 200 g/mol. The molecule has 2 unspecified atom stereocenters. The van der Waals surface area contributed by atoms with E-state index in [1.54, 1.807) is 0 Å². The van der Waals surface area contributed by atoms with Crippen molar-refractivity contribution < 1.29 is 0 Å². The summed E-state index contributed by atoms with van der Waals surface area (Å²) in [5.74, 6) is 0.821. The summed E-state index contributed by atoms with van der Waals surface area (Å²) >= 11 is 0. The highest BCUT2D eigenvalue weighted by Crippen LogP contribution is 2.07. The fourth-order valence-electron chi connectivity index (χ4n) is 1.51. The minimum atomic E-state index is 0.697. The van der Waals surface area contributed by atoms with Crippen molar-refractivity contribution in [1.29, 1.82) is 0 Å². The summed E-state index contributed by atoms with van der Waals surface area (Å²) in [6.45, 7) is 12.5. The maximum absolute atomic E-state index is 3.37. The molecule has 1 N–H and O–H groups in total. The predicted molar refractivity (Wildman–Crippen MR) is 64.7 cm³/mol. The van der Waals surface area contributed by atoms with E-state index < -0.39 is 0 Å². The third-order valence-electron chi connectivity index (χ3n) is 3.04. The second-order valence-corrected chi connectivity index (χ2v) is 4.44. The van der Waals surface area contributed by atoms with Crippen LogP contribution in [0.25, 0.3) is 0 Å². The van der Waals surface area contributed by atoms with E-state index in [4.69, 9.17) is 0 Å². The molecule has 0 aliphatic rings. The molecular formula is C12H28N2. The van der Waals surface area contributed by atoms with E-state index in [9.17, 15) is 0 Å². The molecule has 0 aliphatic carbocycles. The second-order valence-electron chi connectivity index (χ2n) is 4.44. The molecule has 0 aromatic rings. The molecule has 0 amide bonds. The Labute approximate surface area is 90.1 Å².